The maximum atomic E-state index is 10.4. The molecule has 0 amide bonds. The van der Waals surface area contributed by atoms with Gasteiger partial charge in [0.15, 0.2) is 0 Å². The van der Waals surface area contributed by atoms with Crippen LogP contribution in [-0.4, -0.2) is 36.2 Å². The van der Waals surface area contributed by atoms with Gasteiger partial charge in [-0.1, -0.05) is 32.9 Å². The molecule has 0 saturated carbocycles. The average Bonchev–Trinajstić information content (AvgIpc) is 2.43. The predicted octanol–water partition coefficient (Wildman–Crippen LogP) is 3.10. The van der Waals surface area contributed by atoms with Gasteiger partial charge in [0.25, 0.3) is 0 Å². The maximum absolute atomic E-state index is 10.4. The molecular formula is C16H27NO2. The Balaban J connectivity index is 2.73. The highest BCUT2D eigenvalue weighted by Crippen LogP contribution is 2.21. The van der Waals surface area contributed by atoms with Crippen LogP contribution in [0.2, 0.25) is 0 Å². The molecule has 1 N–H and O–H groups in total. The van der Waals surface area contributed by atoms with Gasteiger partial charge >= 0.3 is 0 Å². The van der Waals surface area contributed by atoms with Crippen LogP contribution >= 0.6 is 0 Å². The highest BCUT2D eigenvalue weighted by Gasteiger charge is 2.19. The van der Waals surface area contributed by atoms with Crippen molar-refractivity contribution < 1.29 is 9.84 Å². The molecule has 3 heteroatoms. The molecule has 2 unspecified atom stereocenters. The molecule has 2 atom stereocenters. The van der Waals surface area contributed by atoms with Gasteiger partial charge < -0.3 is 9.84 Å². The lowest BCUT2D eigenvalue weighted by molar-refractivity contribution is 0.0807. The van der Waals surface area contributed by atoms with Crippen molar-refractivity contribution >= 4 is 0 Å². The minimum absolute atomic E-state index is 0.463. The first-order valence-corrected chi connectivity index (χ1v) is 7.05. The molecule has 0 bridgehead atoms. The van der Waals surface area contributed by atoms with E-state index in [0.29, 0.717) is 18.5 Å². The average molecular weight is 265 g/mol. The first-order valence-electron chi connectivity index (χ1n) is 7.05. The van der Waals surface area contributed by atoms with Crippen LogP contribution in [0.4, 0.5) is 0 Å². The number of aliphatic hydroxyl groups excluding tert-OH is 1. The molecule has 0 fully saturated rings. The Labute approximate surface area is 117 Å². The number of likely N-dealkylation sites (N-methyl/N-ethyl adjacent to an activating group) is 1. The van der Waals surface area contributed by atoms with E-state index in [9.17, 15) is 5.11 Å². The first kappa shape index (κ1) is 16.0. The number of ether oxygens (including phenoxy) is 1. The summed E-state index contributed by atoms with van der Waals surface area (Å²) in [6, 6.07) is 8.12. The van der Waals surface area contributed by atoms with Crippen LogP contribution in [0.1, 0.15) is 39.4 Å². The number of hydrogen-bond donors (Lipinski definition) is 1. The second kappa shape index (κ2) is 7.51. The second-order valence-corrected chi connectivity index (χ2v) is 5.36. The third kappa shape index (κ3) is 4.51. The number of nitrogens with zero attached hydrogens (tertiary/aromatic N) is 1. The van der Waals surface area contributed by atoms with Crippen LogP contribution in [0.25, 0.3) is 0 Å². The van der Waals surface area contributed by atoms with Crippen molar-refractivity contribution in [3.8, 4) is 5.75 Å². The Morgan fingerprint density at radius 2 is 1.95 bits per heavy atom. The summed E-state index contributed by atoms with van der Waals surface area (Å²) in [7, 11) is 1.64. The molecule has 108 valence electrons. The second-order valence-electron chi connectivity index (χ2n) is 5.36. The predicted molar refractivity (Wildman–Crippen MR) is 79.5 cm³/mol. The minimum atomic E-state index is -0.476. The Morgan fingerprint density at radius 1 is 1.26 bits per heavy atom. The zero-order valence-electron chi connectivity index (χ0n) is 12.8. The van der Waals surface area contributed by atoms with Gasteiger partial charge in [-0.25, -0.2) is 0 Å². The van der Waals surface area contributed by atoms with Crippen molar-refractivity contribution in [2.24, 2.45) is 5.92 Å². The highest BCUT2D eigenvalue weighted by molar-refractivity contribution is 5.29. The van der Waals surface area contributed by atoms with E-state index in [1.807, 2.05) is 24.3 Å². The van der Waals surface area contributed by atoms with Gasteiger partial charge in [-0.05, 0) is 37.1 Å². The molecule has 0 spiro atoms. The fourth-order valence-corrected chi connectivity index (χ4v) is 2.18. The Hall–Kier alpha value is -1.06. The Morgan fingerprint density at radius 3 is 2.47 bits per heavy atom. The number of hydrogen-bond acceptors (Lipinski definition) is 3. The number of methoxy groups -OCH3 is 1. The van der Waals surface area contributed by atoms with Gasteiger partial charge in [-0.3, -0.25) is 4.90 Å². The molecule has 1 rings (SSSR count). The zero-order valence-corrected chi connectivity index (χ0v) is 12.8. The van der Waals surface area contributed by atoms with Crippen LogP contribution in [0.3, 0.4) is 0 Å². The lowest BCUT2D eigenvalue weighted by Gasteiger charge is -2.32. The van der Waals surface area contributed by atoms with Gasteiger partial charge in [0, 0.05) is 12.6 Å². The lowest BCUT2D eigenvalue weighted by Crippen LogP contribution is -2.39. The summed E-state index contributed by atoms with van der Waals surface area (Å²) in [4.78, 5) is 2.31. The van der Waals surface area contributed by atoms with Crippen molar-refractivity contribution in [3.63, 3.8) is 0 Å². The molecule has 1 aromatic rings. The topological polar surface area (TPSA) is 32.7 Å². The van der Waals surface area contributed by atoms with E-state index in [-0.39, 0.29) is 0 Å². The van der Waals surface area contributed by atoms with E-state index < -0.39 is 6.10 Å². The molecule has 0 radical (unpaired) electrons. The molecule has 0 heterocycles. The molecule has 3 nitrogen and oxygen atoms in total. The Bertz CT molecular complexity index is 379. The van der Waals surface area contributed by atoms with E-state index in [2.05, 4.69) is 32.6 Å². The molecular weight excluding hydrogens is 238 g/mol. The summed E-state index contributed by atoms with van der Waals surface area (Å²) in [5.41, 5.74) is 0.911. The number of aliphatic hydroxyl groups is 1. The van der Waals surface area contributed by atoms with E-state index in [1.165, 1.54) is 0 Å². The standard InChI is InChI=1S/C16H27NO2/c1-6-17(13(4)12(2)3)11-16(18)14-8-7-9-15(10-14)19-5/h7-10,12-13,16,18H,6,11H2,1-5H3. The van der Waals surface area contributed by atoms with Crippen molar-refractivity contribution in [2.45, 2.75) is 39.8 Å². The van der Waals surface area contributed by atoms with Gasteiger partial charge in [0.2, 0.25) is 0 Å². The fourth-order valence-electron chi connectivity index (χ4n) is 2.18. The smallest absolute Gasteiger partial charge is 0.119 e. The summed E-state index contributed by atoms with van der Waals surface area (Å²) in [5.74, 6) is 1.37. The number of rotatable bonds is 7. The van der Waals surface area contributed by atoms with Gasteiger partial charge in [-0.15, -0.1) is 0 Å². The van der Waals surface area contributed by atoms with Gasteiger partial charge in [0.05, 0.1) is 13.2 Å². The number of benzene rings is 1. The van der Waals surface area contributed by atoms with Crippen molar-refractivity contribution in [3.05, 3.63) is 29.8 Å². The third-order valence-electron chi connectivity index (χ3n) is 3.83. The van der Waals surface area contributed by atoms with Crippen LogP contribution in [0.15, 0.2) is 24.3 Å². The third-order valence-corrected chi connectivity index (χ3v) is 3.83. The van der Waals surface area contributed by atoms with Crippen molar-refractivity contribution in [2.75, 3.05) is 20.2 Å². The van der Waals surface area contributed by atoms with Crippen LogP contribution in [-0.2, 0) is 0 Å². The highest BCUT2D eigenvalue weighted by atomic mass is 16.5. The van der Waals surface area contributed by atoms with Gasteiger partial charge in [-0.2, -0.15) is 0 Å². The molecule has 19 heavy (non-hydrogen) atoms. The molecule has 1 aromatic carbocycles. The summed E-state index contributed by atoms with van der Waals surface area (Å²) < 4.78 is 5.20. The monoisotopic (exact) mass is 265 g/mol. The summed E-state index contributed by atoms with van der Waals surface area (Å²) >= 11 is 0. The van der Waals surface area contributed by atoms with E-state index in [1.54, 1.807) is 7.11 Å². The van der Waals surface area contributed by atoms with Crippen LogP contribution in [0.5, 0.6) is 5.75 Å². The largest absolute Gasteiger partial charge is 0.497 e. The van der Waals surface area contributed by atoms with E-state index >= 15 is 0 Å². The molecule has 0 saturated heterocycles. The van der Waals surface area contributed by atoms with E-state index in [0.717, 1.165) is 17.9 Å². The maximum Gasteiger partial charge on any atom is 0.119 e. The minimum Gasteiger partial charge on any atom is -0.497 e. The van der Waals surface area contributed by atoms with Crippen molar-refractivity contribution in [1.29, 1.82) is 0 Å². The lowest BCUT2D eigenvalue weighted by atomic mass is 10.0. The van der Waals surface area contributed by atoms with Crippen LogP contribution < -0.4 is 4.74 Å². The normalized spacial score (nSPS) is 14.7. The first-order chi connectivity index (χ1) is 8.99. The summed E-state index contributed by atoms with van der Waals surface area (Å²) in [6.07, 6.45) is -0.476. The van der Waals surface area contributed by atoms with Crippen LogP contribution in [0, 0.1) is 5.92 Å². The van der Waals surface area contributed by atoms with Crippen molar-refractivity contribution in [1.82, 2.24) is 4.90 Å². The molecule has 0 aromatic heterocycles. The van der Waals surface area contributed by atoms with E-state index in [4.69, 9.17) is 4.74 Å². The molecule has 0 aliphatic heterocycles. The summed E-state index contributed by atoms with van der Waals surface area (Å²) in [5, 5.41) is 10.4. The quantitative estimate of drug-likeness (QED) is 0.822. The zero-order chi connectivity index (χ0) is 14.4. The molecule has 0 aliphatic rings. The molecule has 0 aliphatic carbocycles. The fraction of sp³-hybridized carbons (Fsp3) is 0.625. The SMILES string of the molecule is CCN(CC(O)c1cccc(OC)c1)C(C)C(C)C. The Kier molecular flexibility index (Phi) is 6.32. The van der Waals surface area contributed by atoms with Gasteiger partial charge in [0.1, 0.15) is 5.75 Å². The summed E-state index contributed by atoms with van der Waals surface area (Å²) in [6.45, 7) is 10.4.